The van der Waals surface area contributed by atoms with E-state index in [1.807, 2.05) is 0 Å². The highest BCUT2D eigenvalue weighted by molar-refractivity contribution is 5.96. The van der Waals surface area contributed by atoms with Gasteiger partial charge in [0.15, 0.2) is 0 Å². The number of ether oxygens (including phenoxy) is 1. The molecule has 1 amide bonds. The lowest BCUT2D eigenvalue weighted by molar-refractivity contribution is 0.0987. The Kier molecular flexibility index (Phi) is 3.52. The van der Waals surface area contributed by atoms with Gasteiger partial charge in [-0.2, -0.15) is 0 Å². The Balaban J connectivity index is 2.16. The van der Waals surface area contributed by atoms with Crippen molar-refractivity contribution in [1.82, 2.24) is 0 Å². The summed E-state index contributed by atoms with van der Waals surface area (Å²) in [5, 5.41) is 9.33. The molecule has 1 aliphatic rings. The number of nitrogens with two attached hydrogens (primary N) is 1. The number of rotatable bonds is 3. The van der Waals surface area contributed by atoms with Crippen molar-refractivity contribution in [2.75, 3.05) is 0 Å². The SMILES string of the molecule is NC(=O)c1cc(O)ccc1OC1CCCCC1. The van der Waals surface area contributed by atoms with E-state index in [1.54, 1.807) is 6.07 Å². The predicted molar refractivity (Wildman–Crippen MR) is 64.1 cm³/mol. The van der Waals surface area contributed by atoms with Crippen LogP contribution in [0.1, 0.15) is 42.5 Å². The Morgan fingerprint density at radius 3 is 2.65 bits per heavy atom. The van der Waals surface area contributed by atoms with Crippen molar-refractivity contribution in [1.29, 1.82) is 0 Å². The third-order valence-electron chi connectivity index (χ3n) is 3.07. The highest BCUT2D eigenvalue weighted by Gasteiger charge is 2.18. The van der Waals surface area contributed by atoms with Crippen LogP contribution in [-0.4, -0.2) is 17.1 Å². The van der Waals surface area contributed by atoms with Crippen LogP contribution in [0.4, 0.5) is 0 Å². The molecular formula is C13H17NO3. The van der Waals surface area contributed by atoms with Crippen molar-refractivity contribution in [3.8, 4) is 11.5 Å². The molecule has 0 unspecified atom stereocenters. The summed E-state index contributed by atoms with van der Waals surface area (Å²) in [6, 6.07) is 4.45. The largest absolute Gasteiger partial charge is 0.508 e. The first-order valence-electron chi connectivity index (χ1n) is 5.96. The zero-order valence-electron chi connectivity index (χ0n) is 9.69. The van der Waals surface area contributed by atoms with Crippen LogP contribution in [0.2, 0.25) is 0 Å². The third-order valence-corrected chi connectivity index (χ3v) is 3.07. The molecule has 0 heterocycles. The van der Waals surface area contributed by atoms with Crippen molar-refractivity contribution in [3.05, 3.63) is 23.8 Å². The first kappa shape index (κ1) is 11.8. The van der Waals surface area contributed by atoms with Crippen molar-refractivity contribution >= 4 is 5.91 Å². The lowest BCUT2D eigenvalue weighted by Gasteiger charge is -2.23. The molecule has 4 nitrogen and oxygen atoms in total. The van der Waals surface area contributed by atoms with E-state index in [9.17, 15) is 9.90 Å². The summed E-state index contributed by atoms with van der Waals surface area (Å²) >= 11 is 0. The minimum Gasteiger partial charge on any atom is -0.508 e. The maximum atomic E-state index is 11.2. The van der Waals surface area contributed by atoms with Gasteiger partial charge in [0.1, 0.15) is 11.5 Å². The van der Waals surface area contributed by atoms with Gasteiger partial charge in [-0.05, 0) is 43.9 Å². The van der Waals surface area contributed by atoms with E-state index in [1.165, 1.54) is 18.6 Å². The van der Waals surface area contributed by atoms with Crippen molar-refractivity contribution in [2.24, 2.45) is 5.73 Å². The zero-order valence-corrected chi connectivity index (χ0v) is 9.69. The van der Waals surface area contributed by atoms with E-state index in [4.69, 9.17) is 10.5 Å². The van der Waals surface area contributed by atoms with Gasteiger partial charge in [-0.1, -0.05) is 6.42 Å². The van der Waals surface area contributed by atoms with Crippen LogP contribution in [0.15, 0.2) is 18.2 Å². The molecule has 4 heteroatoms. The second kappa shape index (κ2) is 5.08. The molecule has 17 heavy (non-hydrogen) atoms. The lowest BCUT2D eigenvalue weighted by Crippen LogP contribution is -2.22. The van der Waals surface area contributed by atoms with Gasteiger partial charge in [-0.25, -0.2) is 0 Å². The first-order chi connectivity index (χ1) is 8.16. The van der Waals surface area contributed by atoms with Gasteiger partial charge in [0.05, 0.1) is 11.7 Å². The molecule has 0 aromatic heterocycles. The van der Waals surface area contributed by atoms with Crippen molar-refractivity contribution in [2.45, 2.75) is 38.2 Å². The van der Waals surface area contributed by atoms with E-state index in [0.29, 0.717) is 5.75 Å². The Morgan fingerprint density at radius 1 is 1.29 bits per heavy atom. The summed E-state index contributed by atoms with van der Waals surface area (Å²) in [6.45, 7) is 0. The molecule has 0 radical (unpaired) electrons. The molecular weight excluding hydrogens is 218 g/mol. The molecule has 0 atom stereocenters. The number of carbonyl (C=O) groups is 1. The molecule has 1 aromatic rings. The van der Waals surface area contributed by atoms with Gasteiger partial charge in [0, 0.05) is 0 Å². The number of phenolic OH excluding ortho intramolecular Hbond substituents is 1. The van der Waals surface area contributed by atoms with Crippen LogP contribution in [0.25, 0.3) is 0 Å². The molecule has 3 N–H and O–H groups in total. The van der Waals surface area contributed by atoms with Crippen LogP contribution < -0.4 is 10.5 Å². The number of carbonyl (C=O) groups excluding carboxylic acids is 1. The second-order valence-corrected chi connectivity index (χ2v) is 4.42. The number of phenols is 1. The van der Waals surface area contributed by atoms with Crippen molar-refractivity contribution < 1.29 is 14.6 Å². The van der Waals surface area contributed by atoms with Crippen LogP contribution in [0.5, 0.6) is 11.5 Å². The third kappa shape index (κ3) is 2.90. The van der Waals surface area contributed by atoms with Crippen LogP contribution in [-0.2, 0) is 0 Å². The topological polar surface area (TPSA) is 72.6 Å². The quantitative estimate of drug-likeness (QED) is 0.843. The van der Waals surface area contributed by atoms with Crippen LogP contribution in [0.3, 0.4) is 0 Å². The molecule has 1 fully saturated rings. The Labute approximate surface area is 100 Å². The van der Waals surface area contributed by atoms with Crippen LogP contribution >= 0.6 is 0 Å². The second-order valence-electron chi connectivity index (χ2n) is 4.42. The molecule has 0 spiro atoms. The minimum absolute atomic E-state index is 0.0230. The van der Waals surface area contributed by atoms with Gasteiger partial charge in [-0.15, -0.1) is 0 Å². The minimum atomic E-state index is -0.577. The van der Waals surface area contributed by atoms with E-state index in [-0.39, 0.29) is 17.4 Å². The fraction of sp³-hybridized carbons (Fsp3) is 0.462. The zero-order chi connectivity index (χ0) is 12.3. The number of aromatic hydroxyl groups is 1. The van der Waals surface area contributed by atoms with Gasteiger partial charge in [-0.3, -0.25) is 4.79 Å². The summed E-state index contributed by atoms with van der Waals surface area (Å²) in [5.74, 6) is -0.0799. The standard InChI is InChI=1S/C13H17NO3/c14-13(16)11-8-9(15)6-7-12(11)17-10-4-2-1-3-5-10/h6-8,10,15H,1-5H2,(H2,14,16). The predicted octanol–water partition coefficient (Wildman–Crippen LogP) is 2.20. The smallest absolute Gasteiger partial charge is 0.252 e. The average molecular weight is 235 g/mol. The molecule has 1 saturated carbocycles. The number of benzene rings is 1. The van der Waals surface area contributed by atoms with E-state index >= 15 is 0 Å². The molecule has 1 aliphatic carbocycles. The Bertz CT molecular complexity index is 411. The first-order valence-corrected chi connectivity index (χ1v) is 5.96. The fourth-order valence-electron chi connectivity index (χ4n) is 2.18. The summed E-state index contributed by atoms with van der Waals surface area (Å²) in [7, 11) is 0. The average Bonchev–Trinajstić information content (AvgIpc) is 2.32. The molecule has 0 saturated heterocycles. The van der Waals surface area contributed by atoms with E-state index < -0.39 is 5.91 Å². The summed E-state index contributed by atoms with van der Waals surface area (Å²) < 4.78 is 5.79. The molecule has 92 valence electrons. The van der Waals surface area contributed by atoms with Crippen LogP contribution in [0, 0.1) is 0 Å². The fourth-order valence-corrected chi connectivity index (χ4v) is 2.18. The molecule has 0 bridgehead atoms. The number of primary amides is 1. The number of hydrogen-bond donors (Lipinski definition) is 2. The highest BCUT2D eigenvalue weighted by atomic mass is 16.5. The van der Waals surface area contributed by atoms with Gasteiger partial charge >= 0.3 is 0 Å². The van der Waals surface area contributed by atoms with E-state index in [2.05, 4.69) is 0 Å². The normalized spacial score (nSPS) is 16.7. The van der Waals surface area contributed by atoms with E-state index in [0.717, 1.165) is 25.7 Å². The van der Waals surface area contributed by atoms with Gasteiger partial charge in [0.25, 0.3) is 5.91 Å². The number of amides is 1. The van der Waals surface area contributed by atoms with Gasteiger partial charge in [0.2, 0.25) is 0 Å². The van der Waals surface area contributed by atoms with Gasteiger partial charge < -0.3 is 15.6 Å². The molecule has 2 rings (SSSR count). The maximum Gasteiger partial charge on any atom is 0.252 e. The summed E-state index contributed by atoms with van der Waals surface area (Å²) in [5.41, 5.74) is 5.50. The number of hydrogen-bond acceptors (Lipinski definition) is 3. The Hall–Kier alpha value is -1.71. The summed E-state index contributed by atoms with van der Waals surface area (Å²) in [4.78, 5) is 11.2. The Morgan fingerprint density at radius 2 is 2.00 bits per heavy atom. The molecule has 1 aromatic carbocycles. The van der Waals surface area contributed by atoms with Crippen molar-refractivity contribution in [3.63, 3.8) is 0 Å². The maximum absolute atomic E-state index is 11.2. The highest BCUT2D eigenvalue weighted by Crippen LogP contribution is 2.28. The molecule has 0 aliphatic heterocycles. The lowest BCUT2D eigenvalue weighted by atomic mass is 9.97. The monoisotopic (exact) mass is 235 g/mol. The summed E-state index contributed by atoms with van der Waals surface area (Å²) in [6.07, 6.45) is 5.76.